The molecule has 2 unspecified atom stereocenters. The molecule has 19 heavy (non-hydrogen) atoms. The molecule has 5 nitrogen and oxygen atoms in total. The lowest BCUT2D eigenvalue weighted by Gasteiger charge is -2.24. The first kappa shape index (κ1) is 16.3. The highest BCUT2D eigenvalue weighted by Gasteiger charge is 2.27. The van der Waals surface area contributed by atoms with Gasteiger partial charge in [-0.05, 0) is 18.8 Å². The summed E-state index contributed by atoms with van der Waals surface area (Å²) in [6, 6.07) is 0. The van der Waals surface area contributed by atoms with Gasteiger partial charge in [-0.15, -0.1) is 0 Å². The third kappa shape index (κ3) is 4.67. The van der Waals surface area contributed by atoms with Crippen LogP contribution in [-0.4, -0.2) is 42.9 Å². The van der Waals surface area contributed by atoms with E-state index in [0.717, 1.165) is 17.4 Å². The molecule has 1 fully saturated rings. The van der Waals surface area contributed by atoms with Crippen LogP contribution in [-0.2, 0) is 4.74 Å². The lowest BCUT2D eigenvalue weighted by atomic mass is 9.90. The zero-order valence-electron chi connectivity index (χ0n) is 11.5. The summed E-state index contributed by atoms with van der Waals surface area (Å²) in [7, 11) is 1.97. The minimum Gasteiger partial charge on any atom is -1.00 e. The Morgan fingerprint density at radius 1 is 1.42 bits per heavy atom. The number of rotatable bonds is 5. The molecule has 0 aromatic rings. The van der Waals surface area contributed by atoms with Gasteiger partial charge in [0.1, 0.15) is 12.4 Å². The van der Waals surface area contributed by atoms with Crippen molar-refractivity contribution in [3.63, 3.8) is 0 Å². The smallest absolute Gasteiger partial charge is 0.209 e. The second-order valence-electron chi connectivity index (χ2n) is 5.28. The van der Waals surface area contributed by atoms with Gasteiger partial charge >= 0.3 is 0 Å². The van der Waals surface area contributed by atoms with Crippen molar-refractivity contribution >= 4 is 6.21 Å². The highest BCUT2D eigenvalue weighted by atomic mass is 35.5. The first-order valence-corrected chi connectivity index (χ1v) is 6.82. The predicted molar refractivity (Wildman–Crippen MR) is 69.3 cm³/mol. The van der Waals surface area contributed by atoms with Crippen molar-refractivity contribution in [1.82, 2.24) is 4.90 Å². The fraction of sp³-hybridized carbons (Fsp3) is 0.769. The van der Waals surface area contributed by atoms with Crippen molar-refractivity contribution in [3.05, 3.63) is 12.4 Å². The molecule has 1 aliphatic carbocycles. The molecule has 0 bridgehead atoms. The Kier molecular flexibility index (Phi) is 7.20. The minimum atomic E-state index is 0. The molecule has 0 saturated heterocycles. The molecular weight excluding hydrogens is 266 g/mol. The molecule has 0 aromatic heterocycles. The molecule has 110 valence electrons. The molecule has 2 N–H and O–H groups in total. The van der Waals surface area contributed by atoms with Gasteiger partial charge in [-0.25, -0.2) is 0 Å². The summed E-state index contributed by atoms with van der Waals surface area (Å²) in [6.45, 7) is 1.50. The van der Waals surface area contributed by atoms with E-state index < -0.39 is 0 Å². The minimum absolute atomic E-state index is 0. The van der Waals surface area contributed by atoms with E-state index in [1.54, 1.807) is 6.21 Å². The van der Waals surface area contributed by atoms with Crippen LogP contribution in [0.25, 0.3) is 0 Å². The maximum atomic E-state index is 8.65. The fourth-order valence-corrected chi connectivity index (χ4v) is 2.76. The predicted octanol–water partition coefficient (Wildman–Crippen LogP) is -2.37. The van der Waals surface area contributed by atoms with Crippen molar-refractivity contribution in [2.45, 2.75) is 38.3 Å². The van der Waals surface area contributed by atoms with Crippen molar-refractivity contribution in [3.8, 4) is 0 Å². The van der Waals surface area contributed by atoms with E-state index in [-0.39, 0.29) is 18.6 Å². The van der Waals surface area contributed by atoms with Gasteiger partial charge in [0.05, 0.1) is 12.8 Å². The number of nitrogens with one attached hydrogen (secondary N) is 1. The van der Waals surface area contributed by atoms with Gasteiger partial charge in [0.25, 0.3) is 0 Å². The molecule has 1 heterocycles. The SMILES string of the molecule is CN1C=C[NH+](COCC2CCCCC2)C1/C=N\O.[Cl-]. The Balaban J connectivity index is 0.00000180. The first-order chi connectivity index (χ1) is 8.81. The summed E-state index contributed by atoms with van der Waals surface area (Å²) in [5.41, 5.74) is 0. The molecule has 2 rings (SSSR count). The summed E-state index contributed by atoms with van der Waals surface area (Å²) in [6.07, 6.45) is 12.3. The quantitative estimate of drug-likeness (QED) is 0.338. The summed E-state index contributed by atoms with van der Waals surface area (Å²) in [4.78, 5) is 3.17. The van der Waals surface area contributed by atoms with E-state index in [2.05, 4.69) is 5.16 Å². The summed E-state index contributed by atoms with van der Waals surface area (Å²) in [5.74, 6) is 0.743. The zero-order valence-corrected chi connectivity index (χ0v) is 12.2. The maximum Gasteiger partial charge on any atom is 0.209 e. The Morgan fingerprint density at radius 3 is 2.84 bits per heavy atom. The normalized spacial score (nSPS) is 27.9. The Bertz CT molecular complexity index is 306. The monoisotopic (exact) mass is 289 g/mol. The number of ether oxygens (including phenoxy) is 1. The number of nitrogens with zero attached hydrogens (tertiary/aromatic N) is 2. The highest BCUT2D eigenvalue weighted by molar-refractivity contribution is 5.61. The van der Waals surface area contributed by atoms with Crippen molar-refractivity contribution in [2.24, 2.45) is 11.1 Å². The molecule has 2 atom stereocenters. The lowest BCUT2D eigenvalue weighted by Crippen LogP contribution is -3.12. The van der Waals surface area contributed by atoms with Gasteiger partial charge < -0.3 is 27.3 Å². The van der Waals surface area contributed by atoms with Crippen LogP contribution in [0.15, 0.2) is 17.6 Å². The Hall–Kier alpha value is -0.780. The lowest BCUT2D eigenvalue weighted by molar-refractivity contribution is -0.886. The molecule has 6 heteroatoms. The van der Waals surface area contributed by atoms with E-state index in [9.17, 15) is 0 Å². The molecule has 1 aliphatic heterocycles. The number of hydrogen-bond donors (Lipinski definition) is 2. The number of hydrogen-bond acceptors (Lipinski definition) is 4. The van der Waals surface area contributed by atoms with Crippen LogP contribution < -0.4 is 17.3 Å². The van der Waals surface area contributed by atoms with Gasteiger partial charge in [0.15, 0.2) is 6.73 Å². The number of oxime groups is 1. The number of halogens is 1. The largest absolute Gasteiger partial charge is 1.00 e. The third-order valence-corrected chi connectivity index (χ3v) is 3.90. The van der Waals surface area contributed by atoms with Crippen LogP contribution >= 0.6 is 0 Å². The second-order valence-corrected chi connectivity index (χ2v) is 5.28. The van der Waals surface area contributed by atoms with Crippen molar-refractivity contribution in [1.29, 1.82) is 0 Å². The van der Waals surface area contributed by atoms with Crippen LogP contribution in [0.5, 0.6) is 0 Å². The van der Waals surface area contributed by atoms with E-state index in [1.807, 2.05) is 24.3 Å². The van der Waals surface area contributed by atoms with Crippen molar-refractivity contribution < 1.29 is 27.3 Å². The third-order valence-electron chi connectivity index (χ3n) is 3.90. The molecule has 0 radical (unpaired) electrons. The standard InChI is InChI=1S/C13H23N3O2.ClH/c1-15-7-8-16(13(15)9-14-17)11-18-10-12-5-3-2-4-6-12;/h7-9,12-13,17H,2-6,10-11H2,1H3;1H/b14-9-;. The summed E-state index contributed by atoms with van der Waals surface area (Å²) >= 11 is 0. The Labute approximate surface area is 121 Å². The molecule has 0 aromatic carbocycles. The molecule has 0 amide bonds. The molecular formula is C13H24ClN3O2. The van der Waals surface area contributed by atoms with Crippen LogP contribution in [0.1, 0.15) is 32.1 Å². The average Bonchev–Trinajstić information content (AvgIpc) is 2.73. The van der Waals surface area contributed by atoms with E-state index in [4.69, 9.17) is 9.94 Å². The van der Waals surface area contributed by atoms with E-state index in [1.165, 1.54) is 32.1 Å². The summed E-state index contributed by atoms with van der Waals surface area (Å²) < 4.78 is 5.82. The van der Waals surface area contributed by atoms with Gasteiger partial charge in [0, 0.05) is 7.05 Å². The van der Waals surface area contributed by atoms with Crippen molar-refractivity contribution in [2.75, 3.05) is 20.4 Å². The fourth-order valence-electron chi connectivity index (χ4n) is 2.76. The van der Waals surface area contributed by atoms with Crippen LogP contribution in [0.3, 0.4) is 0 Å². The first-order valence-electron chi connectivity index (χ1n) is 6.82. The van der Waals surface area contributed by atoms with Gasteiger partial charge in [-0.3, -0.25) is 4.90 Å². The highest BCUT2D eigenvalue weighted by Crippen LogP contribution is 2.23. The number of quaternary nitrogens is 1. The van der Waals surface area contributed by atoms with Gasteiger partial charge in [-0.2, -0.15) is 0 Å². The average molecular weight is 290 g/mol. The van der Waals surface area contributed by atoms with Crippen LogP contribution in [0.4, 0.5) is 0 Å². The van der Waals surface area contributed by atoms with E-state index in [0.29, 0.717) is 6.73 Å². The molecule has 0 spiro atoms. The Morgan fingerprint density at radius 2 is 2.16 bits per heavy atom. The van der Waals surface area contributed by atoms with Gasteiger partial charge in [0.2, 0.25) is 6.17 Å². The van der Waals surface area contributed by atoms with E-state index >= 15 is 0 Å². The van der Waals surface area contributed by atoms with Crippen LogP contribution in [0.2, 0.25) is 0 Å². The topological polar surface area (TPSA) is 49.5 Å². The molecule has 2 aliphatic rings. The molecule has 1 saturated carbocycles. The zero-order chi connectivity index (χ0) is 12.8. The maximum absolute atomic E-state index is 8.65. The second kappa shape index (κ2) is 8.40. The van der Waals surface area contributed by atoms with Crippen LogP contribution in [0, 0.1) is 5.92 Å². The summed E-state index contributed by atoms with van der Waals surface area (Å²) in [5, 5.41) is 11.8. The van der Waals surface area contributed by atoms with Gasteiger partial charge in [-0.1, -0.05) is 24.4 Å².